The van der Waals surface area contributed by atoms with Gasteiger partial charge >= 0.3 is 0 Å². The molecule has 0 amide bonds. The lowest BCUT2D eigenvalue weighted by Crippen LogP contribution is -2.48. The summed E-state index contributed by atoms with van der Waals surface area (Å²) in [6, 6.07) is 1.43. The minimum Gasteiger partial charge on any atom is -0.378 e. The van der Waals surface area contributed by atoms with Gasteiger partial charge in [-0.3, -0.25) is 0 Å². The predicted molar refractivity (Wildman–Crippen MR) is 81.4 cm³/mol. The highest BCUT2D eigenvalue weighted by atomic mass is 16.5. The van der Waals surface area contributed by atoms with Gasteiger partial charge in [0.05, 0.1) is 6.10 Å². The Morgan fingerprint density at radius 2 is 1.84 bits per heavy atom. The second-order valence-electron chi connectivity index (χ2n) is 6.95. The van der Waals surface area contributed by atoms with E-state index in [-0.39, 0.29) is 0 Å². The molecule has 1 aliphatic carbocycles. The molecule has 2 fully saturated rings. The molecule has 2 rings (SSSR count). The quantitative estimate of drug-likeness (QED) is 0.808. The summed E-state index contributed by atoms with van der Waals surface area (Å²) in [6.45, 7) is 7.87. The van der Waals surface area contributed by atoms with Crippen LogP contribution in [0.25, 0.3) is 0 Å². The summed E-state index contributed by atoms with van der Waals surface area (Å²) in [4.78, 5) is 0. The average Bonchev–Trinajstić information content (AvgIpc) is 2.46. The fourth-order valence-electron chi connectivity index (χ4n) is 3.87. The molecule has 1 aliphatic heterocycles. The van der Waals surface area contributed by atoms with Crippen molar-refractivity contribution in [2.75, 3.05) is 6.61 Å². The van der Waals surface area contributed by atoms with Crippen molar-refractivity contribution in [1.29, 1.82) is 0 Å². The van der Waals surface area contributed by atoms with E-state index < -0.39 is 0 Å². The first-order valence-corrected chi connectivity index (χ1v) is 8.58. The Morgan fingerprint density at radius 1 is 1.11 bits per heavy atom. The third-order valence-electron chi connectivity index (χ3n) is 5.17. The molecule has 0 bridgehead atoms. The maximum absolute atomic E-state index is 5.89. The molecule has 3 atom stereocenters. The van der Waals surface area contributed by atoms with Gasteiger partial charge in [0.2, 0.25) is 0 Å². The van der Waals surface area contributed by atoms with Crippen molar-refractivity contribution in [3.8, 4) is 0 Å². The smallest absolute Gasteiger partial charge is 0.0612 e. The molecule has 1 heterocycles. The van der Waals surface area contributed by atoms with Gasteiger partial charge in [0.1, 0.15) is 0 Å². The molecule has 1 N–H and O–H groups in total. The molecule has 1 saturated carbocycles. The SMILES string of the molecule is CCC(NC1CCOC(C(C)C)C1)C1CCCCC1. The van der Waals surface area contributed by atoms with E-state index >= 15 is 0 Å². The van der Waals surface area contributed by atoms with Crippen LogP contribution in [0.1, 0.15) is 72.1 Å². The molecule has 3 unspecified atom stereocenters. The van der Waals surface area contributed by atoms with Crippen molar-refractivity contribution in [2.24, 2.45) is 11.8 Å². The van der Waals surface area contributed by atoms with E-state index in [1.165, 1.54) is 51.4 Å². The second kappa shape index (κ2) is 7.64. The second-order valence-corrected chi connectivity index (χ2v) is 6.95. The predicted octanol–water partition coefficient (Wildman–Crippen LogP) is 4.14. The Hall–Kier alpha value is -0.0800. The fraction of sp³-hybridized carbons (Fsp3) is 1.00. The molecule has 0 aromatic carbocycles. The number of hydrogen-bond donors (Lipinski definition) is 1. The third-order valence-corrected chi connectivity index (χ3v) is 5.17. The summed E-state index contributed by atoms with van der Waals surface area (Å²) in [6.07, 6.45) is 11.4. The first-order chi connectivity index (χ1) is 9.20. The molecule has 2 nitrogen and oxygen atoms in total. The highest BCUT2D eigenvalue weighted by Crippen LogP contribution is 2.29. The Labute approximate surface area is 119 Å². The van der Waals surface area contributed by atoms with E-state index in [4.69, 9.17) is 4.74 Å². The van der Waals surface area contributed by atoms with Crippen LogP contribution in [0.4, 0.5) is 0 Å². The van der Waals surface area contributed by atoms with Crippen LogP contribution in [0, 0.1) is 11.8 Å². The highest BCUT2D eigenvalue weighted by Gasteiger charge is 2.29. The van der Waals surface area contributed by atoms with Crippen molar-refractivity contribution in [2.45, 2.75) is 90.3 Å². The van der Waals surface area contributed by atoms with Crippen molar-refractivity contribution in [3.05, 3.63) is 0 Å². The molecule has 1 saturated heterocycles. The summed E-state index contributed by atoms with van der Waals surface area (Å²) in [5, 5.41) is 3.98. The summed E-state index contributed by atoms with van der Waals surface area (Å²) in [7, 11) is 0. The highest BCUT2D eigenvalue weighted by molar-refractivity contribution is 4.85. The van der Waals surface area contributed by atoms with Crippen LogP contribution in [0.5, 0.6) is 0 Å². The summed E-state index contributed by atoms with van der Waals surface area (Å²) in [5.74, 6) is 1.58. The largest absolute Gasteiger partial charge is 0.378 e. The number of rotatable bonds is 5. The molecule has 0 aromatic rings. The van der Waals surface area contributed by atoms with Crippen LogP contribution in [-0.2, 0) is 4.74 Å². The van der Waals surface area contributed by atoms with E-state index in [0.29, 0.717) is 18.1 Å². The van der Waals surface area contributed by atoms with Crippen LogP contribution in [0.15, 0.2) is 0 Å². The molecule has 19 heavy (non-hydrogen) atoms. The minimum atomic E-state index is 0.468. The van der Waals surface area contributed by atoms with Crippen LogP contribution in [0.2, 0.25) is 0 Å². The monoisotopic (exact) mass is 267 g/mol. The van der Waals surface area contributed by atoms with Gasteiger partial charge in [-0.1, -0.05) is 40.0 Å². The number of nitrogens with one attached hydrogen (secondary N) is 1. The summed E-state index contributed by atoms with van der Waals surface area (Å²) < 4.78 is 5.89. The van der Waals surface area contributed by atoms with Crippen LogP contribution in [0.3, 0.4) is 0 Å². The van der Waals surface area contributed by atoms with Crippen molar-refractivity contribution >= 4 is 0 Å². The zero-order valence-electron chi connectivity index (χ0n) is 13.2. The van der Waals surface area contributed by atoms with E-state index in [9.17, 15) is 0 Å². The Bertz CT molecular complexity index is 248. The Kier molecular flexibility index (Phi) is 6.15. The first kappa shape index (κ1) is 15.3. The van der Waals surface area contributed by atoms with Crippen LogP contribution in [-0.4, -0.2) is 24.8 Å². The van der Waals surface area contributed by atoms with Gasteiger partial charge in [-0.2, -0.15) is 0 Å². The first-order valence-electron chi connectivity index (χ1n) is 8.58. The average molecular weight is 267 g/mol. The van der Waals surface area contributed by atoms with Gasteiger partial charge in [0.25, 0.3) is 0 Å². The van der Waals surface area contributed by atoms with Crippen molar-refractivity contribution in [3.63, 3.8) is 0 Å². The molecular weight excluding hydrogens is 234 g/mol. The Balaban J connectivity index is 1.83. The van der Waals surface area contributed by atoms with Gasteiger partial charge in [0, 0.05) is 18.7 Å². The van der Waals surface area contributed by atoms with E-state index in [2.05, 4.69) is 26.1 Å². The lowest BCUT2D eigenvalue weighted by Gasteiger charge is -2.38. The van der Waals surface area contributed by atoms with Gasteiger partial charge in [-0.15, -0.1) is 0 Å². The van der Waals surface area contributed by atoms with Gasteiger partial charge in [0.15, 0.2) is 0 Å². The molecular formula is C17H33NO. The molecule has 0 radical (unpaired) electrons. The number of ether oxygens (including phenoxy) is 1. The standard InChI is InChI=1S/C17H33NO/c1-4-16(14-8-6-5-7-9-14)18-15-10-11-19-17(12-15)13(2)3/h13-18H,4-12H2,1-3H3. The Morgan fingerprint density at radius 3 is 2.47 bits per heavy atom. The molecule has 0 spiro atoms. The van der Waals surface area contributed by atoms with E-state index in [1.807, 2.05) is 0 Å². The molecule has 0 aromatic heterocycles. The zero-order chi connectivity index (χ0) is 13.7. The normalized spacial score (nSPS) is 31.6. The maximum atomic E-state index is 5.89. The minimum absolute atomic E-state index is 0.468. The van der Waals surface area contributed by atoms with Gasteiger partial charge in [-0.05, 0) is 43.9 Å². The third kappa shape index (κ3) is 4.46. The molecule has 112 valence electrons. The van der Waals surface area contributed by atoms with Crippen LogP contribution >= 0.6 is 0 Å². The lowest BCUT2D eigenvalue weighted by molar-refractivity contribution is -0.0274. The summed E-state index contributed by atoms with van der Waals surface area (Å²) in [5.41, 5.74) is 0. The maximum Gasteiger partial charge on any atom is 0.0612 e. The van der Waals surface area contributed by atoms with Crippen molar-refractivity contribution in [1.82, 2.24) is 5.32 Å². The molecule has 2 aliphatic rings. The zero-order valence-corrected chi connectivity index (χ0v) is 13.2. The lowest BCUT2D eigenvalue weighted by atomic mass is 9.82. The fourth-order valence-corrected chi connectivity index (χ4v) is 3.87. The number of hydrogen-bond acceptors (Lipinski definition) is 2. The van der Waals surface area contributed by atoms with E-state index in [1.54, 1.807) is 0 Å². The van der Waals surface area contributed by atoms with Crippen molar-refractivity contribution < 1.29 is 4.74 Å². The van der Waals surface area contributed by atoms with Gasteiger partial charge < -0.3 is 10.1 Å². The molecule has 2 heteroatoms. The van der Waals surface area contributed by atoms with Gasteiger partial charge in [-0.25, -0.2) is 0 Å². The van der Waals surface area contributed by atoms with E-state index in [0.717, 1.165) is 18.6 Å². The van der Waals surface area contributed by atoms with Crippen LogP contribution < -0.4 is 5.32 Å². The summed E-state index contributed by atoms with van der Waals surface area (Å²) >= 11 is 0. The topological polar surface area (TPSA) is 21.3 Å².